The summed E-state index contributed by atoms with van der Waals surface area (Å²) in [6.07, 6.45) is 0. The smallest absolute Gasteiger partial charge is 0.119 e. The van der Waals surface area contributed by atoms with Crippen molar-refractivity contribution in [1.29, 1.82) is 0 Å². The van der Waals surface area contributed by atoms with Crippen LogP contribution in [0.15, 0.2) is 127 Å². The van der Waals surface area contributed by atoms with Crippen LogP contribution in [0.5, 0.6) is 5.75 Å². The fourth-order valence-corrected chi connectivity index (χ4v) is 7.15. The highest BCUT2D eigenvalue weighted by Crippen LogP contribution is 2.40. The lowest BCUT2D eigenvalue weighted by Crippen LogP contribution is -1.85. The zero-order valence-electron chi connectivity index (χ0n) is 21.4. The predicted octanol–water partition coefficient (Wildman–Crippen LogP) is 10.9. The van der Waals surface area contributed by atoms with Gasteiger partial charge in [-0.25, -0.2) is 0 Å². The summed E-state index contributed by atoms with van der Waals surface area (Å²) in [5, 5.41) is 10.4. The first-order valence-corrected chi connectivity index (χ1v) is 14.0. The molecule has 8 rings (SSSR count). The molecule has 0 fully saturated rings. The fraction of sp³-hybridized carbons (Fsp3) is 0.0270. The topological polar surface area (TPSA) is 9.23 Å². The summed E-state index contributed by atoms with van der Waals surface area (Å²) in [7, 11) is 1.72. The molecule has 1 nitrogen and oxygen atoms in total. The van der Waals surface area contributed by atoms with Crippen molar-refractivity contribution in [3.8, 4) is 28.0 Å². The van der Waals surface area contributed by atoms with Crippen molar-refractivity contribution in [2.24, 2.45) is 0 Å². The van der Waals surface area contributed by atoms with Gasteiger partial charge in [0.1, 0.15) is 5.75 Å². The van der Waals surface area contributed by atoms with E-state index in [9.17, 15) is 0 Å². The predicted molar refractivity (Wildman–Crippen MR) is 169 cm³/mol. The Kier molecular flexibility index (Phi) is 4.98. The third-order valence-corrected chi connectivity index (χ3v) is 9.09. The molecule has 0 amide bonds. The lowest BCUT2D eigenvalue weighted by molar-refractivity contribution is 0.415. The van der Waals surface area contributed by atoms with E-state index in [0.717, 1.165) is 5.75 Å². The molecule has 0 N–H and O–H groups in total. The third-order valence-electron chi connectivity index (χ3n) is 7.95. The summed E-state index contributed by atoms with van der Waals surface area (Å²) in [5.41, 5.74) is 4.93. The molecule has 2 heteroatoms. The molecule has 0 unspecified atom stereocenters. The Morgan fingerprint density at radius 2 is 0.949 bits per heavy atom. The summed E-state index contributed by atoms with van der Waals surface area (Å²) in [6.45, 7) is 0. The first-order chi connectivity index (χ1) is 19.3. The molecular weight excluding hydrogens is 492 g/mol. The Bertz CT molecular complexity index is 2180. The quantitative estimate of drug-likeness (QED) is 0.212. The number of hydrogen-bond donors (Lipinski definition) is 0. The van der Waals surface area contributed by atoms with E-state index in [1.54, 1.807) is 7.11 Å². The van der Waals surface area contributed by atoms with E-state index in [4.69, 9.17) is 4.74 Å². The average molecular weight is 517 g/mol. The minimum absolute atomic E-state index is 0.898. The SMILES string of the molecule is COc1ccc2sc3cc(-c4cccc(-c5ccc6c7ccccc7c7ccccc7c6c5)c4)ccc3c2c1. The maximum atomic E-state index is 5.46. The number of hydrogen-bond acceptors (Lipinski definition) is 2. The van der Waals surface area contributed by atoms with Crippen LogP contribution >= 0.6 is 11.3 Å². The van der Waals surface area contributed by atoms with Crippen LogP contribution in [0, 0.1) is 0 Å². The highest BCUT2D eigenvalue weighted by molar-refractivity contribution is 7.25. The van der Waals surface area contributed by atoms with Crippen molar-refractivity contribution in [2.75, 3.05) is 7.11 Å². The number of methoxy groups -OCH3 is 1. The van der Waals surface area contributed by atoms with Crippen molar-refractivity contribution in [1.82, 2.24) is 0 Å². The lowest BCUT2D eigenvalue weighted by atomic mass is 9.91. The molecule has 8 aromatic rings. The van der Waals surface area contributed by atoms with E-state index in [1.807, 2.05) is 17.4 Å². The standard InChI is InChI=1S/C37H24OS/c1-38-27-15-18-36-35(22-27)33-17-14-26(21-37(33)39-36)24-8-6-7-23(19-24)25-13-16-32-30-11-3-2-9-28(30)29-10-4-5-12-31(29)34(32)20-25/h2-22H,1H3. The average Bonchev–Trinajstić information content (AvgIpc) is 3.38. The summed E-state index contributed by atoms with van der Waals surface area (Å²) < 4.78 is 8.05. The van der Waals surface area contributed by atoms with Gasteiger partial charge in [0.25, 0.3) is 0 Å². The zero-order chi connectivity index (χ0) is 25.9. The molecular formula is C37H24OS. The highest BCUT2D eigenvalue weighted by atomic mass is 32.1. The van der Waals surface area contributed by atoms with Crippen molar-refractivity contribution in [2.45, 2.75) is 0 Å². The van der Waals surface area contributed by atoms with Crippen LogP contribution in [-0.2, 0) is 0 Å². The summed E-state index contributed by atoms with van der Waals surface area (Å²) in [6, 6.07) is 46.5. The number of thiophene rings is 1. The molecule has 1 aromatic heterocycles. The second-order valence-corrected chi connectivity index (χ2v) is 11.2. The highest BCUT2D eigenvalue weighted by Gasteiger charge is 2.11. The maximum Gasteiger partial charge on any atom is 0.119 e. The van der Waals surface area contributed by atoms with E-state index in [0.29, 0.717) is 0 Å². The molecule has 0 bridgehead atoms. The summed E-state index contributed by atoms with van der Waals surface area (Å²) >= 11 is 1.84. The Labute approximate surface area is 230 Å². The normalized spacial score (nSPS) is 11.7. The molecule has 0 aliphatic heterocycles. The van der Waals surface area contributed by atoms with Gasteiger partial charge in [-0.05, 0) is 91.0 Å². The minimum atomic E-state index is 0.898. The molecule has 7 aromatic carbocycles. The van der Waals surface area contributed by atoms with Crippen LogP contribution in [0.2, 0.25) is 0 Å². The Morgan fingerprint density at radius 1 is 0.385 bits per heavy atom. The summed E-state index contributed by atoms with van der Waals surface area (Å²) in [5.74, 6) is 0.898. The fourth-order valence-electron chi connectivity index (χ4n) is 6.03. The van der Waals surface area contributed by atoms with E-state index in [1.165, 1.54) is 74.7 Å². The van der Waals surface area contributed by atoms with Gasteiger partial charge < -0.3 is 4.74 Å². The van der Waals surface area contributed by atoms with Gasteiger partial charge >= 0.3 is 0 Å². The maximum absolute atomic E-state index is 5.46. The first-order valence-electron chi connectivity index (χ1n) is 13.2. The Balaban J connectivity index is 1.27. The lowest BCUT2D eigenvalue weighted by Gasteiger charge is -2.12. The molecule has 0 aliphatic rings. The van der Waals surface area contributed by atoms with Gasteiger partial charge in [0.15, 0.2) is 0 Å². The molecule has 39 heavy (non-hydrogen) atoms. The summed E-state index contributed by atoms with van der Waals surface area (Å²) in [4.78, 5) is 0. The number of rotatable bonds is 3. The van der Waals surface area contributed by atoms with Crippen LogP contribution < -0.4 is 4.74 Å². The van der Waals surface area contributed by atoms with Gasteiger partial charge in [0.05, 0.1) is 7.11 Å². The van der Waals surface area contributed by atoms with Gasteiger partial charge in [0.2, 0.25) is 0 Å². The van der Waals surface area contributed by atoms with Gasteiger partial charge in [-0.3, -0.25) is 0 Å². The molecule has 184 valence electrons. The van der Waals surface area contributed by atoms with E-state index < -0.39 is 0 Å². The molecule has 0 aliphatic carbocycles. The van der Waals surface area contributed by atoms with Crippen molar-refractivity contribution >= 4 is 63.8 Å². The molecule has 0 spiro atoms. The zero-order valence-corrected chi connectivity index (χ0v) is 22.3. The third kappa shape index (κ3) is 3.53. The largest absolute Gasteiger partial charge is 0.497 e. The number of benzene rings is 7. The second kappa shape index (κ2) is 8.69. The number of ether oxygens (including phenoxy) is 1. The van der Waals surface area contributed by atoms with Crippen LogP contribution in [-0.4, -0.2) is 7.11 Å². The van der Waals surface area contributed by atoms with E-state index >= 15 is 0 Å². The van der Waals surface area contributed by atoms with E-state index in [2.05, 4.69) is 121 Å². The van der Waals surface area contributed by atoms with Crippen LogP contribution in [0.1, 0.15) is 0 Å². The first kappa shape index (κ1) is 22.3. The van der Waals surface area contributed by atoms with Gasteiger partial charge in [-0.15, -0.1) is 11.3 Å². The number of fused-ring (bicyclic) bond motifs is 9. The van der Waals surface area contributed by atoms with Crippen molar-refractivity contribution in [3.05, 3.63) is 127 Å². The van der Waals surface area contributed by atoms with Crippen molar-refractivity contribution in [3.63, 3.8) is 0 Å². The van der Waals surface area contributed by atoms with E-state index in [-0.39, 0.29) is 0 Å². The van der Waals surface area contributed by atoms with Crippen LogP contribution in [0.3, 0.4) is 0 Å². The molecule has 1 heterocycles. The van der Waals surface area contributed by atoms with Crippen molar-refractivity contribution < 1.29 is 4.74 Å². The second-order valence-electron chi connectivity index (χ2n) is 10.1. The molecule has 0 saturated carbocycles. The Morgan fingerprint density at radius 3 is 1.62 bits per heavy atom. The van der Waals surface area contributed by atoms with Crippen LogP contribution in [0.4, 0.5) is 0 Å². The van der Waals surface area contributed by atoms with Gasteiger partial charge in [-0.2, -0.15) is 0 Å². The van der Waals surface area contributed by atoms with Gasteiger partial charge in [0, 0.05) is 20.2 Å². The molecule has 0 saturated heterocycles. The minimum Gasteiger partial charge on any atom is -0.497 e. The Hall–Kier alpha value is -4.66. The molecule has 0 atom stereocenters. The monoisotopic (exact) mass is 516 g/mol. The van der Waals surface area contributed by atoms with Gasteiger partial charge in [-0.1, -0.05) is 91.0 Å². The molecule has 0 radical (unpaired) electrons. The van der Waals surface area contributed by atoms with Crippen LogP contribution in [0.25, 0.3) is 74.7 Å².